The molecule has 0 aromatic heterocycles. The summed E-state index contributed by atoms with van der Waals surface area (Å²) in [6.45, 7) is 0. The van der Waals surface area contributed by atoms with Gasteiger partial charge in [0.25, 0.3) is 11.4 Å². The van der Waals surface area contributed by atoms with Gasteiger partial charge in [0.15, 0.2) is 0 Å². The van der Waals surface area contributed by atoms with E-state index in [1.54, 1.807) is 0 Å². The van der Waals surface area contributed by atoms with E-state index >= 15 is 0 Å². The molecular formula is C17H12N2O8. The highest BCUT2D eigenvalue weighted by Crippen LogP contribution is 2.18. The van der Waals surface area contributed by atoms with Crippen LogP contribution in [0.2, 0.25) is 0 Å². The lowest BCUT2D eigenvalue weighted by Crippen LogP contribution is -2.08. The fraction of sp³-hybridized carbons (Fsp3) is 0.0588. The van der Waals surface area contributed by atoms with Gasteiger partial charge in [0.2, 0.25) is 0 Å². The summed E-state index contributed by atoms with van der Waals surface area (Å²) < 4.78 is 9.88. The predicted octanol–water partition coefficient (Wildman–Crippen LogP) is 2.96. The van der Waals surface area contributed by atoms with Crippen LogP contribution >= 0.6 is 0 Å². The molecule has 0 fully saturated rings. The Balaban J connectivity index is 1.81. The number of nitrogens with zero attached hydrogens (tertiary/aromatic N) is 2. The average molecular weight is 372 g/mol. The molecule has 0 aliphatic heterocycles. The highest BCUT2D eigenvalue weighted by molar-refractivity contribution is 5.85. The molecule has 0 atom stereocenters. The molecule has 138 valence electrons. The summed E-state index contributed by atoms with van der Waals surface area (Å²) in [6.07, 6.45) is 2.01. The van der Waals surface area contributed by atoms with Crippen LogP contribution in [0.3, 0.4) is 0 Å². The third-order valence-corrected chi connectivity index (χ3v) is 3.08. The van der Waals surface area contributed by atoms with Crippen molar-refractivity contribution in [3.8, 4) is 11.5 Å². The number of nitro benzene ring substituents is 2. The number of nitro groups is 2. The lowest BCUT2D eigenvalue weighted by Gasteiger charge is -2.02. The van der Waals surface area contributed by atoms with E-state index in [0.29, 0.717) is 0 Å². The smallest absolute Gasteiger partial charge is 0.335 e. The maximum Gasteiger partial charge on any atom is 0.335 e. The van der Waals surface area contributed by atoms with Crippen molar-refractivity contribution in [2.75, 3.05) is 0 Å². The monoisotopic (exact) mass is 372 g/mol. The highest BCUT2D eigenvalue weighted by Gasteiger charge is 2.08. The number of benzene rings is 2. The molecule has 0 aliphatic rings. The van der Waals surface area contributed by atoms with E-state index in [9.17, 15) is 29.8 Å². The number of carbonyl (C=O) groups excluding carboxylic acids is 2. The van der Waals surface area contributed by atoms with Crippen molar-refractivity contribution in [3.63, 3.8) is 0 Å². The van der Waals surface area contributed by atoms with Gasteiger partial charge in [0, 0.05) is 30.3 Å². The van der Waals surface area contributed by atoms with Gasteiger partial charge >= 0.3 is 11.9 Å². The molecule has 27 heavy (non-hydrogen) atoms. The molecule has 0 spiro atoms. The van der Waals surface area contributed by atoms with Gasteiger partial charge in [0.1, 0.15) is 11.5 Å². The minimum atomic E-state index is -0.771. The molecule has 10 nitrogen and oxygen atoms in total. The molecule has 0 amide bonds. The SMILES string of the molecule is O=C(/C=C/CC(=O)Oc1ccc([N+](=O)[O-])cc1)Oc1ccc([N+](=O)[O-])cc1. The van der Waals surface area contributed by atoms with Gasteiger partial charge in [-0.1, -0.05) is 6.08 Å². The minimum absolute atomic E-state index is 0.115. The number of ether oxygens (including phenoxy) is 2. The average Bonchev–Trinajstić information content (AvgIpc) is 2.62. The summed E-state index contributed by atoms with van der Waals surface area (Å²) in [5.41, 5.74) is -0.275. The number of rotatable bonds is 7. The van der Waals surface area contributed by atoms with E-state index in [1.807, 2.05) is 0 Å². The van der Waals surface area contributed by atoms with Crippen molar-refractivity contribution in [1.82, 2.24) is 0 Å². The Kier molecular flexibility index (Phi) is 6.31. The van der Waals surface area contributed by atoms with E-state index < -0.39 is 21.8 Å². The van der Waals surface area contributed by atoms with E-state index in [1.165, 1.54) is 54.6 Å². The zero-order valence-corrected chi connectivity index (χ0v) is 13.6. The zero-order valence-electron chi connectivity index (χ0n) is 13.6. The predicted molar refractivity (Wildman–Crippen MR) is 91.2 cm³/mol. The first-order valence-corrected chi connectivity index (χ1v) is 7.43. The summed E-state index contributed by atoms with van der Waals surface area (Å²) in [4.78, 5) is 43.2. The van der Waals surface area contributed by atoms with Gasteiger partial charge in [0.05, 0.1) is 16.3 Å². The highest BCUT2D eigenvalue weighted by atomic mass is 16.6. The van der Waals surface area contributed by atoms with Crippen LogP contribution in [-0.4, -0.2) is 21.8 Å². The molecule has 0 radical (unpaired) electrons. The first-order valence-electron chi connectivity index (χ1n) is 7.43. The molecular weight excluding hydrogens is 360 g/mol. The van der Waals surface area contributed by atoms with Gasteiger partial charge in [-0.2, -0.15) is 0 Å². The Morgan fingerprint density at radius 3 is 1.70 bits per heavy atom. The van der Waals surface area contributed by atoms with Crippen LogP contribution < -0.4 is 9.47 Å². The summed E-state index contributed by atoms with van der Waals surface area (Å²) in [6, 6.07) is 9.87. The van der Waals surface area contributed by atoms with Crippen LogP contribution in [0.5, 0.6) is 11.5 Å². The molecule has 10 heteroatoms. The van der Waals surface area contributed by atoms with Crippen LogP contribution in [0.25, 0.3) is 0 Å². The Hall–Kier alpha value is -4.08. The number of non-ortho nitro benzene ring substituents is 2. The third kappa shape index (κ3) is 6.05. The maximum absolute atomic E-state index is 11.6. The molecule has 0 saturated heterocycles. The van der Waals surface area contributed by atoms with Crippen molar-refractivity contribution in [3.05, 3.63) is 80.9 Å². The molecule has 2 aromatic rings. The second-order valence-electron chi connectivity index (χ2n) is 5.00. The third-order valence-electron chi connectivity index (χ3n) is 3.08. The van der Waals surface area contributed by atoms with Crippen molar-refractivity contribution < 1.29 is 28.9 Å². The Morgan fingerprint density at radius 2 is 1.26 bits per heavy atom. The molecule has 0 saturated carbocycles. The standard InChI is InChI=1S/C17H12N2O8/c20-16(26-14-8-4-12(5-9-14)18(22)23)2-1-3-17(21)27-15-10-6-13(7-11-15)19(24)25/h1-2,4-11H,3H2/b2-1+. The van der Waals surface area contributed by atoms with E-state index in [4.69, 9.17) is 9.47 Å². The Labute approximate surface area is 151 Å². The van der Waals surface area contributed by atoms with Crippen LogP contribution in [0.15, 0.2) is 60.7 Å². The van der Waals surface area contributed by atoms with Crippen LogP contribution in [0.4, 0.5) is 11.4 Å². The van der Waals surface area contributed by atoms with E-state index in [0.717, 1.165) is 6.08 Å². The fourth-order valence-corrected chi connectivity index (χ4v) is 1.85. The maximum atomic E-state index is 11.6. The topological polar surface area (TPSA) is 139 Å². The second kappa shape index (κ2) is 8.85. The zero-order chi connectivity index (χ0) is 19.8. The minimum Gasteiger partial charge on any atom is -0.426 e. The Morgan fingerprint density at radius 1 is 0.815 bits per heavy atom. The first-order chi connectivity index (χ1) is 12.8. The van der Waals surface area contributed by atoms with Crippen molar-refractivity contribution in [1.29, 1.82) is 0 Å². The molecule has 0 aliphatic carbocycles. The summed E-state index contributed by atoms with van der Waals surface area (Å²) >= 11 is 0. The summed E-state index contributed by atoms with van der Waals surface area (Å²) in [5, 5.41) is 21.1. The van der Waals surface area contributed by atoms with Gasteiger partial charge in [-0.15, -0.1) is 0 Å². The second-order valence-corrected chi connectivity index (χ2v) is 5.00. The molecule has 0 heterocycles. The van der Waals surface area contributed by atoms with Gasteiger partial charge < -0.3 is 9.47 Å². The number of hydrogen-bond donors (Lipinski definition) is 0. The quantitative estimate of drug-likeness (QED) is 0.238. The van der Waals surface area contributed by atoms with Crippen LogP contribution in [0.1, 0.15) is 6.42 Å². The molecule has 0 unspecified atom stereocenters. The summed E-state index contributed by atoms with van der Waals surface area (Å²) in [5.74, 6) is -1.20. The Bertz CT molecular complexity index is 888. The van der Waals surface area contributed by atoms with E-state index in [2.05, 4.69) is 0 Å². The molecule has 2 rings (SSSR count). The first kappa shape index (κ1) is 19.2. The summed E-state index contributed by atoms with van der Waals surface area (Å²) in [7, 11) is 0. The molecule has 2 aromatic carbocycles. The normalized spacial score (nSPS) is 10.4. The van der Waals surface area contributed by atoms with Crippen LogP contribution in [-0.2, 0) is 9.59 Å². The molecule has 0 N–H and O–H groups in total. The van der Waals surface area contributed by atoms with Gasteiger partial charge in [-0.25, -0.2) is 4.79 Å². The lowest BCUT2D eigenvalue weighted by atomic mass is 10.3. The van der Waals surface area contributed by atoms with Gasteiger partial charge in [-0.3, -0.25) is 25.0 Å². The number of carbonyl (C=O) groups is 2. The number of hydrogen-bond acceptors (Lipinski definition) is 8. The van der Waals surface area contributed by atoms with Crippen molar-refractivity contribution in [2.24, 2.45) is 0 Å². The molecule has 0 bridgehead atoms. The van der Waals surface area contributed by atoms with E-state index in [-0.39, 0.29) is 29.3 Å². The van der Waals surface area contributed by atoms with Crippen molar-refractivity contribution >= 4 is 23.3 Å². The van der Waals surface area contributed by atoms with Crippen LogP contribution in [0, 0.1) is 20.2 Å². The van der Waals surface area contributed by atoms with Crippen molar-refractivity contribution in [2.45, 2.75) is 6.42 Å². The number of esters is 2. The van der Waals surface area contributed by atoms with Gasteiger partial charge in [-0.05, 0) is 24.3 Å². The largest absolute Gasteiger partial charge is 0.426 e. The lowest BCUT2D eigenvalue weighted by molar-refractivity contribution is -0.385. The fourth-order valence-electron chi connectivity index (χ4n) is 1.85.